The van der Waals surface area contributed by atoms with E-state index in [1.54, 1.807) is 42.6 Å². The second kappa shape index (κ2) is 9.54. The predicted molar refractivity (Wildman–Crippen MR) is 122 cm³/mol. The number of aromatic hydroxyl groups is 1. The highest BCUT2D eigenvalue weighted by Crippen LogP contribution is 2.24. The molecule has 0 saturated carbocycles. The number of nitrogens with zero attached hydrogens (tertiary/aromatic N) is 3. The lowest BCUT2D eigenvalue weighted by molar-refractivity contribution is -0.137. The minimum Gasteiger partial charge on any atom is -0.493 e. The first-order chi connectivity index (χ1) is 15.9. The topological polar surface area (TPSA) is 117 Å². The average molecular weight is 463 g/mol. The summed E-state index contributed by atoms with van der Waals surface area (Å²) in [5.41, 5.74) is 2.68. The molecule has 1 unspecified atom stereocenters. The Bertz CT molecular complexity index is 1290. The Morgan fingerprint density at radius 1 is 1.03 bits per heavy atom. The summed E-state index contributed by atoms with van der Waals surface area (Å²) in [5, 5.41) is 26.9. The number of carbonyl (C=O) groups excluding carboxylic acids is 1. The third-order valence-corrected chi connectivity index (χ3v) is 5.17. The molecule has 4 rings (SSSR count). The molecule has 33 heavy (non-hydrogen) atoms. The molecule has 0 radical (unpaired) electrons. The first kappa shape index (κ1) is 22.0. The molecule has 3 N–H and O–H groups in total. The average Bonchev–Trinajstić information content (AvgIpc) is 3.21. The normalized spacial score (nSPS) is 11.7. The standard InChI is InChI=1S/C24H19ClN4O4/c25-17-4-3-5-18(12-17)29-22(30)13-21(28-29)24(33)27-20(14-23(31)32)16-9-7-15(8-10-16)19-6-1-2-11-26-19/h1-13,20,30H,14H2,(H,27,33)(H,31,32). The van der Waals surface area contributed by atoms with Crippen LogP contribution in [0.1, 0.15) is 28.5 Å². The molecule has 1 amide bonds. The number of carbonyl (C=O) groups is 2. The van der Waals surface area contributed by atoms with E-state index in [9.17, 15) is 19.8 Å². The fraction of sp³-hybridized carbons (Fsp3) is 0.0833. The van der Waals surface area contributed by atoms with E-state index < -0.39 is 17.9 Å². The Morgan fingerprint density at radius 3 is 2.48 bits per heavy atom. The molecule has 4 aromatic rings. The van der Waals surface area contributed by atoms with Crippen molar-refractivity contribution in [3.8, 4) is 22.8 Å². The Labute approximate surface area is 194 Å². The SMILES string of the molecule is O=C(O)CC(NC(=O)c1cc(O)n(-c2cccc(Cl)c2)n1)c1ccc(-c2ccccn2)cc1. The predicted octanol–water partition coefficient (Wildman–Crippen LogP) is 4.24. The molecule has 1 atom stereocenters. The van der Waals surface area contributed by atoms with Crippen molar-refractivity contribution in [2.75, 3.05) is 0 Å². The maximum atomic E-state index is 12.8. The summed E-state index contributed by atoms with van der Waals surface area (Å²) in [6, 6.07) is 19.7. The van der Waals surface area contributed by atoms with E-state index in [1.165, 1.54) is 10.7 Å². The van der Waals surface area contributed by atoms with Crippen LogP contribution in [-0.4, -0.2) is 36.9 Å². The first-order valence-electron chi connectivity index (χ1n) is 9.99. The summed E-state index contributed by atoms with van der Waals surface area (Å²) in [5.74, 6) is -1.94. The van der Waals surface area contributed by atoms with Gasteiger partial charge in [-0.1, -0.05) is 48.0 Å². The number of hydrogen-bond acceptors (Lipinski definition) is 5. The lowest BCUT2D eigenvalue weighted by Crippen LogP contribution is -2.30. The highest BCUT2D eigenvalue weighted by atomic mass is 35.5. The molecule has 0 bridgehead atoms. The molecule has 8 nitrogen and oxygen atoms in total. The zero-order chi connectivity index (χ0) is 23.4. The van der Waals surface area contributed by atoms with E-state index in [1.807, 2.05) is 30.3 Å². The molecule has 0 aliphatic carbocycles. The maximum absolute atomic E-state index is 12.8. The summed E-state index contributed by atoms with van der Waals surface area (Å²) in [7, 11) is 0. The summed E-state index contributed by atoms with van der Waals surface area (Å²) < 4.78 is 1.18. The molecule has 2 aromatic heterocycles. The van der Waals surface area contributed by atoms with Gasteiger partial charge in [-0.15, -0.1) is 0 Å². The largest absolute Gasteiger partial charge is 0.493 e. The van der Waals surface area contributed by atoms with Crippen molar-refractivity contribution >= 4 is 23.5 Å². The zero-order valence-corrected chi connectivity index (χ0v) is 18.0. The number of rotatable bonds is 7. The molecule has 0 saturated heterocycles. The van der Waals surface area contributed by atoms with Crippen molar-refractivity contribution in [2.45, 2.75) is 12.5 Å². The fourth-order valence-electron chi connectivity index (χ4n) is 3.36. The van der Waals surface area contributed by atoms with Crippen molar-refractivity contribution in [1.29, 1.82) is 0 Å². The number of benzene rings is 2. The minimum absolute atomic E-state index is 0.0621. The highest BCUT2D eigenvalue weighted by Gasteiger charge is 2.22. The van der Waals surface area contributed by atoms with Crippen molar-refractivity contribution in [3.63, 3.8) is 0 Å². The van der Waals surface area contributed by atoms with Gasteiger partial charge in [0.05, 0.1) is 23.8 Å². The maximum Gasteiger partial charge on any atom is 0.305 e. The van der Waals surface area contributed by atoms with Crippen molar-refractivity contribution in [2.24, 2.45) is 0 Å². The van der Waals surface area contributed by atoms with E-state index in [2.05, 4.69) is 15.4 Å². The molecule has 0 aliphatic heterocycles. The molecule has 166 valence electrons. The van der Waals surface area contributed by atoms with E-state index in [0.29, 0.717) is 16.3 Å². The number of aliphatic carboxylic acids is 1. The van der Waals surface area contributed by atoms with Gasteiger partial charge in [-0.25, -0.2) is 4.68 Å². The van der Waals surface area contributed by atoms with Gasteiger partial charge in [0, 0.05) is 22.8 Å². The molecule has 9 heteroatoms. The van der Waals surface area contributed by atoms with Gasteiger partial charge in [-0.3, -0.25) is 14.6 Å². The van der Waals surface area contributed by atoms with Crippen LogP contribution in [0.4, 0.5) is 0 Å². The second-order valence-electron chi connectivity index (χ2n) is 7.24. The number of nitrogens with one attached hydrogen (secondary N) is 1. The van der Waals surface area contributed by atoms with E-state index in [0.717, 1.165) is 11.3 Å². The van der Waals surface area contributed by atoms with Crippen LogP contribution in [0, 0.1) is 0 Å². The third-order valence-electron chi connectivity index (χ3n) is 4.93. The molecule has 0 aliphatic rings. The van der Waals surface area contributed by atoms with Crippen LogP contribution in [0.25, 0.3) is 16.9 Å². The zero-order valence-electron chi connectivity index (χ0n) is 17.2. The quantitative estimate of drug-likeness (QED) is 0.378. The number of pyridine rings is 1. The van der Waals surface area contributed by atoms with Gasteiger partial charge in [0.1, 0.15) is 0 Å². The summed E-state index contributed by atoms with van der Waals surface area (Å²) in [4.78, 5) is 28.6. The Hall–Kier alpha value is -4.17. The van der Waals surface area contributed by atoms with Crippen LogP contribution in [0.2, 0.25) is 5.02 Å². The number of aromatic nitrogens is 3. The van der Waals surface area contributed by atoms with Crippen molar-refractivity contribution < 1.29 is 19.8 Å². The van der Waals surface area contributed by atoms with Crippen LogP contribution < -0.4 is 5.32 Å². The second-order valence-corrected chi connectivity index (χ2v) is 7.68. The summed E-state index contributed by atoms with van der Waals surface area (Å²) >= 11 is 5.99. The van der Waals surface area contributed by atoms with Gasteiger partial charge in [0.15, 0.2) is 5.69 Å². The van der Waals surface area contributed by atoms with E-state index in [-0.39, 0.29) is 18.0 Å². The van der Waals surface area contributed by atoms with Gasteiger partial charge in [-0.2, -0.15) is 5.10 Å². The summed E-state index contributed by atoms with van der Waals surface area (Å²) in [6.07, 6.45) is 1.37. The third kappa shape index (κ3) is 5.19. The number of hydrogen-bond donors (Lipinski definition) is 3. The number of carboxylic acids is 1. The molecule has 2 heterocycles. The van der Waals surface area contributed by atoms with Crippen molar-refractivity contribution in [3.05, 3.63) is 95.3 Å². The molecular weight excluding hydrogens is 444 g/mol. The van der Waals surface area contributed by atoms with Crippen LogP contribution >= 0.6 is 11.6 Å². The number of carboxylic acid groups (broad SMARTS) is 1. The van der Waals surface area contributed by atoms with Crippen LogP contribution in [0.3, 0.4) is 0 Å². The number of halogens is 1. The Balaban J connectivity index is 1.56. The number of amides is 1. The van der Waals surface area contributed by atoms with E-state index >= 15 is 0 Å². The van der Waals surface area contributed by atoms with Gasteiger partial charge in [-0.05, 0) is 35.9 Å². The van der Waals surface area contributed by atoms with Gasteiger partial charge in [0.2, 0.25) is 5.88 Å². The minimum atomic E-state index is -1.07. The Morgan fingerprint density at radius 2 is 1.82 bits per heavy atom. The lowest BCUT2D eigenvalue weighted by Gasteiger charge is -2.17. The van der Waals surface area contributed by atoms with Crippen LogP contribution in [0.5, 0.6) is 5.88 Å². The summed E-state index contributed by atoms with van der Waals surface area (Å²) in [6.45, 7) is 0. The molecule has 0 fully saturated rings. The smallest absolute Gasteiger partial charge is 0.305 e. The molecule has 2 aromatic carbocycles. The highest BCUT2D eigenvalue weighted by molar-refractivity contribution is 6.30. The molecule has 0 spiro atoms. The first-order valence-corrected chi connectivity index (χ1v) is 10.4. The fourth-order valence-corrected chi connectivity index (χ4v) is 3.54. The Kier molecular flexibility index (Phi) is 6.37. The van der Waals surface area contributed by atoms with Gasteiger partial charge in [0.25, 0.3) is 5.91 Å². The monoisotopic (exact) mass is 462 g/mol. The van der Waals surface area contributed by atoms with Gasteiger partial charge < -0.3 is 15.5 Å². The lowest BCUT2D eigenvalue weighted by atomic mass is 10.0. The van der Waals surface area contributed by atoms with Crippen molar-refractivity contribution in [1.82, 2.24) is 20.1 Å². The van der Waals surface area contributed by atoms with E-state index in [4.69, 9.17) is 11.6 Å². The van der Waals surface area contributed by atoms with Crippen LogP contribution in [0.15, 0.2) is 79.0 Å². The van der Waals surface area contributed by atoms with Crippen LogP contribution in [-0.2, 0) is 4.79 Å². The molecular formula is C24H19ClN4O4. The van der Waals surface area contributed by atoms with Gasteiger partial charge >= 0.3 is 5.97 Å².